The third kappa shape index (κ3) is 4.60. The van der Waals surface area contributed by atoms with E-state index in [0.717, 1.165) is 94.3 Å². The molecule has 6 aromatic carbocycles. The van der Waals surface area contributed by atoms with Gasteiger partial charge in [-0.2, -0.15) is 0 Å². The summed E-state index contributed by atoms with van der Waals surface area (Å²) in [4.78, 5) is 15.0. The van der Waals surface area contributed by atoms with Crippen LogP contribution in [-0.4, -0.2) is 15.0 Å². The fraction of sp³-hybridized carbons (Fsp3) is 0. The van der Waals surface area contributed by atoms with Crippen molar-refractivity contribution in [3.63, 3.8) is 0 Å². The number of rotatable bonds is 5. The number of benzene rings is 6. The van der Waals surface area contributed by atoms with Crippen LogP contribution in [0, 0.1) is 0 Å². The van der Waals surface area contributed by atoms with Gasteiger partial charge in [0.15, 0.2) is 5.82 Å². The zero-order chi connectivity index (χ0) is 33.0. The molecule has 0 radical (unpaired) electrons. The number of nitrogens with zero attached hydrogens (tertiary/aromatic N) is 3. The van der Waals surface area contributed by atoms with Crippen LogP contribution in [0.15, 0.2) is 173 Å². The Labute approximate surface area is 287 Å². The van der Waals surface area contributed by atoms with Crippen LogP contribution < -0.4 is 0 Å². The van der Waals surface area contributed by atoms with Crippen molar-refractivity contribution in [1.29, 1.82) is 0 Å². The van der Waals surface area contributed by atoms with Crippen molar-refractivity contribution in [3.05, 3.63) is 164 Å². The first-order valence-electron chi connectivity index (χ1n) is 16.6. The molecule has 4 aromatic heterocycles. The van der Waals surface area contributed by atoms with Gasteiger partial charge in [-0.05, 0) is 54.1 Å². The first-order chi connectivity index (χ1) is 24.8. The maximum absolute atomic E-state index is 6.73. The quantitative estimate of drug-likeness (QED) is 0.187. The van der Waals surface area contributed by atoms with E-state index in [0.29, 0.717) is 5.82 Å². The molecule has 0 amide bonds. The van der Waals surface area contributed by atoms with E-state index < -0.39 is 0 Å². The molecule has 0 saturated carbocycles. The van der Waals surface area contributed by atoms with Gasteiger partial charge in [0.05, 0.1) is 17.1 Å². The maximum atomic E-state index is 6.73. The highest BCUT2D eigenvalue weighted by Crippen LogP contribution is 2.45. The van der Waals surface area contributed by atoms with Crippen LogP contribution in [0.1, 0.15) is 0 Å². The third-order valence-electron chi connectivity index (χ3n) is 9.40. The van der Waals surface area contributed by atoms with Crippen LogP contribution in [0.3, 0.4) is 0 Å². The van der Waals surface area contributed by atoms with E-state index in [1.54, 1.807) is 0 Å². The molecule has 0 saturated heterocycles. The molecule has 10 rings (SSSR count). The molecule has 0 atom stereocenters. The lowest BCUT2D eigenvalue weighted by atomic mass is 9.95. The van der Waals surface area contributed by atoms with E-state index in [4.69, 9.17) is 18.8 Å². The van der Waals surface area contributed by atoms with Gasteiger partial charge >= 0.3 is 0 Å². The Kier molecular flexibility index (Phi) is 6.42. The van der Waals surface area contributed by atoms with Gasteiger partial charge in [0, 0.05) is 55.6 Å². The molecular weight excluding hydrogens is 615 g/mol. The number of fused-ring (bicyclic) bond motifs is 6. The van der Waals surface area contributed by atoms with Crippen molar-refractivity contribution in [2.24, 2.45) is 0 Å². The molecule has 234 valence electrons. The zero-order valence-corrected chi connectivity index (χ0v) is 26.7. The Morgan fingerprint density at radius 1 is 0.380 bits per heavy atom. The molecule has 0 spiro atoms. The van der Waals surface area contributed by atoms with Gasteiger partial charge in [0.25, 0.3) is 0 Å². The van der Waals surface area contributed by atoms with E-state index >= 15 is 0 Å². The zero-order valence-electron chi connectivity index (χ0n) is 26.7. The van der Waals surface area contributed by atoms with Gasteiger partial charge in [-0.25, -0.2) is 9.97 Å². The van der Waals surface area contributed by atoms with Crippen LogP contribution >= 0.6 is 0 Å². The van der Waals surface area contributed by atoms with Crippen molar-refractivity contribution < 1.29 is 8.83 Å². The van der Waals surface area contributed by atoms with E-state index in [1.165, 1.54) is 0 Å². The summed E-state index contributed by atoms with van der Waals surface area (Å²) in [5.41, 5.74) is 11.9. The lowest BCUT2D eigenvalue weighted by molar-refractivity contribution is 0.668. The number of para-hydroxylation sites is 2. The molecule has 10 aromatic rings. The lowest BCUT2D eigenvalue weighted by Crippen LogP contribution is -1.97. The minimum absolute atomic E-state index is 0.630. The summed E-state index contributed by atoms with van der Waals surface area (Å²) in [6, 6.07) is 53.5. The van der Waals surface area contributed by atoms with Crippen molar-refractivity contribution in [2.75, 3.05) is 0 Å². The molecule has 0 aliphatic carbocycles. The maximum Gasteiger partial charge on any atom is 0.161 e. The van der Waals surface area contributed by atoms with Gasteiger partial charge in [-0.3, -0.25) is 4.98 Å². The standard InChI is InChI=1S/C45H27N3O2/c1-2-11-28(12-3-1)37-27-38(30-22-20-29(21-23-30)36-16-8-9-26-46-36)48-45(47-37)35-25-24-32(44-43(35)34-14-5-7-18-40(34)50-44)31-15-10-19-41-42(31)33-13-4-6-17-39(33)49-41/h1-27H. The predicted molar refractivity (Wildman–Crippen MR) is 202 cm³/mol. The summed E-state index contributed by atoms with van der Waals surface area (Å²) in [5, 5.41) is 4.13. The average molecular weight is 642 g/mol. The van der Waals surface area contributed by atoms with Crippen LogP contribution in [0.25, 0.3) is 100 Å². The second kappa shape index (κ2) is 11.4. The average Bonchev–Trinajstić information content (AvgIpc) is 3.77. The molecular formula is C45H27N3O2. The molecule has 5 nitrogen and oxygen atoms in total. The minimum Gasteiger partial charge on any atom is -0.456 e. The molecule has 0 bridgehead atoms. The SMILES string of the molecule is c1ccc(-c2cc(-c3ccc(-c4ccccn4)cc3)nc(-c3ccc(-c4cccc5oc6ccccc6c45)c4oc5ccccc5c34)n2)cc1. The molecule has 0 unspecified atom stereocenters. The van der Waals surface area contributed by atoms with E-state index in [9.17, 15) is 0 Å². The van der Waals surface area contributed by atoms with Gasteiger partial charge in [-0.1, -0.05) is 109 Å². The Morgan fingerprint density at radius 3 is 1.72 bits per heavy atom. The Morgan fingerprint density at radius 2 is 0.980 bits per heavy atom. The number of pyridine rings is 1. The second-order valence-corrected chi connectivity index (χ2v) is 12.4. The van der Waals surface area contributed by atoms with E-state index in [2.05, 4.69) is 83.8 Å². The summed E-state index contributed by atoms with van der Waals surface area (Å²) in [5.74, 6) is 0.630. The highest BCUT2D eigenvalue weighted by Gasteiger charge is 2.22. The monoisotopic (exact) mass is 641 g/mol. The predicted octanol–water partition coefficient (Wildman–Crippen LogP) is 12.0. The van der Waals surface area contributed by atoms with Crippen LogP contribution in [0.4, 0.5) is 0 Å². The molecule has 50 heavy (non-hydrogen) atoms. The number of aromatic nitrogens is 3. The van der Waals surface area contributed by atoms with Gasteiger partial charge in [-0.15, -0.1) is 0 Å². The number of furan rings is 2. The summed E-state index contributed by atoms with van der Waals surface area (Å²) in [6.07, 6.45) is 1.81. The Bertz CT molecular complexity index is 2850. The molecule has 0 aliphatic rings. The summed E-state index contributed by atoms with van der Waals surface area (Å²) in [7, 11) is 0. The number of hydrogen-bond acceptors (Lipinski definition) is 5. The van der Waals surface area contributed by atoms with E-state index in [-0.39, 0.29) is 0 Å². The lowest BCUT2D eigenvalue weighted by Gasteiger charge is -2.12. The highest BCUT2D eigenvalue weighted by atomic mass is 16.3. The third-order valence-corrected chi connectivity index (χ3v) is 9.40. The normalized spacial score (nSPS) is 11.6. The molecule has 0 aliphatic heterocycles. The summed E-state index contributed by atoms with van der Waals surface area (Å²) >= 11 is 0. The van der Waals surface area contributed by atoms with Crippen molar-refractivity contribution in [3.8, 4) is 56.3 Å². The fourth-order valence-corrected chi connectivity index (χ4v) is 7.04. The number of hydrogen-bond donors (Lipinski definition) is 0. The van der Waals surface area contributed by atoms with E-state index in [1.807, 2.05) is 85.1 Å². The van der Waals surface area contributed by atoms with Crippen molar-refractivity contribution in [1.82, 2.24) is 15.0 Å². The first-order valence-corrected chi connectivity index (χ1v) is 16.6. The highest BCUT2D eigenvalue weighted by molar-refractivity contribution is 6.20. The Hall–Kier alpha value is -6.85. The largest absolute Gasteiger partial charge is 0.456 e. The van der Waals surface area contributed by atoms with Gasteiger partial charge < -0.3 is 8.83 Å². The molecule has 4 heterocycles. The van der Waals surface area contributed by atoms with Crippen LogP contribution in [0.5, 0.6) is 0 Å². The smallest absolute Gasteiger partial charge is 0.161 e. The van der Waals surface area contributed by atoms with Gasteiger partial charge in [0.2, 0.25) is 0 Å². The molecule has 5 heteroatoms. The minimum atomic E-state index is 0.630. The summed E-state index contributed by atoms with van der Waals surface area (Å²) < 4.78 is 13.0. The Balaban J connectivity index is 1.21. The van der Waals surface area contributed by atoms with Crippen molar-refractivity contribution >= 4 is 43.9 Å². The van der Waals surface area contributed by atoms with Gasteiger partial charge in [0.1, 0.15) is 22.3 Å². The van der Waals surface area contributed by atoms with Crippen LogP contribution in [-0.2, 0) is 0 Å². The molecule has 0 fully saturated rings. The van der Waals surface area contributed by atoms with Crippen molar-refractivity contribution in [2.45, 2.75) is 0 Å². The second-order valence-electron chi connectivity index (χ2n) is 12.4. The topological polar surface area (TPSA) is 65.0 Å². The first kappa shape index (κ1) is 28.2. The summed E-state index contributed by atoms with van der Waals surface area (Å²) in [6.45, 7) is 0. The fourth-order valence-electron chi connectivity index (χ4n) is 7.04. The van der Waals surface area contributed by atoms with Crippen LogP contribution in [0.2, 0.25) is 0 Å². The molecule has 0 N–H and O–H groups in total.